The van der Waals surface area contributed by atoms with Crippen LogP contribution in [0.4, 0.5) is 0 Å². The molecule has 0 saturated carbocycles. The molecule has 0 aromatic rings. The van der Waals surface area contributed by atoms with Crippen molar-refractivity contribution in [2.24, 2.45) is 0 Å². The lowest BCUT2D eigenvalue weighted by molar-refractivity contribution is -0.0802. The summed E-state index contributed by atoms with van der Waals surface area (Å²) in [4.78, 5) is 5.50. The third kappa shape index (κ3) is 7.97. The summed E-state index contributed by atoms with van der Waals surface area (Å²) in [6.45, 7) is 11.6. The molecule has 2 rings (SSSR count). The molecular formula is C22H44N2O. The lowest BCUT2D eigenvalue weighted by Crippen LogP contribution is -2.58. The van der Waals surface area contributed by atoms with Crippen molar-refractivity contribution in [2.75, 3.05) is 39.4 Å². The summed E-state index contributed by atoms with van der Waals surface area (Å²) in [5, 5.41) is 0. The molecular weight excluding hydrogens is 308 g/mol. The van der Waals surface area contributed by atoms with Crippen molar-refractivity contribution < 1.29 is 4.74 Å². The Bertz CT molecular complexity index is 297. The van der Waals surface area contributed by atoms with Gasteiger partial charge in [0.15, 0.2) is 0 Å². The minimum Gasteiger partial charge on any atom is -0.378 e. The smallest absolute Gasteiger partial charge is 0.0645 e. The van der Waals surface area contributed by atoms with E-state index in [0.717, 1.165) is 25.3 Å². The number of ether oxygens (including phenoxy) is 1. The molecule has 25 heavy (non-hydrogen) atoms. The van der Waals surface area contributed by atoms with Gasteiger partial charge in [0, 0.05) is 32.2 Å². The summed E-state index contributed by atoms with van der Waals surface area (Å²) in [7, 11) is 0. The average Bonchev–Trinajstić information content (AvgIpc) is 2.59. The molecule has 0 aromatic heterocycles. The van der Waals surface area contributed by atoms with E-state index in [-0.39, 0.29) is 0 Å². The van der Waals surface area contributed by atoms with Crippen LogP contribution in [0.2, 0.25) is 0 Å². The van der Waals surface area contributed by atoms with Crippen molar-refractivity contribution in [1.29, 1.82) is 0 Å². The molecule has 2 fully saturated rings. The highest BCUT2D eigenvalue weighted by Crippen LogP contribution is 2.21. The third-order valence-electron chi connectivity index (χ3n) is 6.28. The summed E-state index contributed by atoms with van der Waals surface area (Å²) in [5.41, 5.74) is 0. The van der Waals surface area contributed by atoms with E-state index in [1.165, 1.54) is 103 Å². The topological polar surface area (TPSA) is 15.7 Å². The summed E-state index contributed by atoms with van der Waals surface area (Å²) in [6.07, 6.45) is 17.1. The summed E-state index contributed by atoms with van der Waals surface area (Å²) in [6, 6.07) is 1.58. The molecule has 0 unspecified atom stereocenters. The van der Waals surface area contributed by atoms with Crippen molar-refractivity contribution in [2.45, 2.75) is 103 Å². The van der Waals surface area contributed by atoms with Gasteiger partial charge in [0.05, 0.1) is 19.3 Å². The third-order valence-corrected chi connectivity index (χ3v) is 6.28. The van der Waals surface area contributed by atoms with Gasteiger partial charge in [-0.2, -0.15) is 0 Å². The van der Waals surface area contributed by atoms with E-state index >= 15 is 0 Å². The van der Waals surface area contributed by atoms with Crippen LogP contribution in [0, 0.1) is 0 Å². The van der Waals surface area contributed by atoms with Gasteiger partial charge in [0.1, 0.15) is 0 Å². The standard InChI is InChI=1S/C22H44N2O/c1-3-5-7-9-11-13-21(14-12-10-8-6-4-2)23-15-17-24(18-16-23)22-19-25-20-22/h21-22H,3-20H2,1-2H3. The molecule has 2 aliphatic heterocycles. The second kappa shape index (κ2) is 13.1. The highest BCUT2D eigenvalue weighted by Gasteiger charge is 2.30. The van der Waals surface area contributed by atoms with Gasteiger partial charge in [-0.1, -0.05) is 78.1 Å². The van der Waals surface area contributed by atoms with Crippen molar-refractivity contribution in [3.05, 3.63) is 0 Å². The Kier molecular flexibility index (Phi) is 11.1. The first-order valence-electron chi connectivity index (χ1n) is 11.4. The van der Waals surface area contributed by atoms with Crippen LogP contribution in [0.1, 0.15) is 90.9 Å². The SMILES string of the molecule is CCCCCCCC(CCCCCCC)N1CCN(C2COC2)CC1. The van der Waals surface area contributed by atoms with E-state index in [2.05, 4.69) is 23.6 Å². The summed E-state index contributed by atoms with van der Waals surface area (Å²) in [5.74, 6) is 0. The van der Waals surface area contributed by atoms with Crippen LogP contribution in [0.5, 0.6) is 0 Å². The molecule has 0 radical (unpaired) electrons. The Balaban J connectivity index is 1.68. The molecule has 0 aromatic carbocycles. The molecule has 0 N–H and O–H groups in total. The molecule has 3 nitrogen and oxygen atoms in total. The molecule has 0 bridgehead atoms. The van der Waals surface area contributed by atoms with E-state index in [9.17, 15) is 0 Å². The fourth-order valence-corrected chi connectivity index (χ4v) is 4.38. The van der Waals surface area contributed by atoms with Gasteiger partial charge >= 0.3 is 0 Å². The van der Waals surface area contributed by atoms with E-state index < -0.39 is 0 Å². The highest BCUT2D eigenvalue weighted by atomic mass is 16.5. The maximum Gasteiger partial charge on any atom is 0.0645 e. The monoisotopic (exact) mass is 352 g/mol. The molecule has 2 heterocycles. The van der Waals surface area contributed by atoms with E-state index in [4.69, 9.17) is 4.74 Å². The second-order valence-corrected chi connectivity index (χ2v) is 8.32. The molecule has 0 spiro atoms. The maximum atomic E-state index is 5.38. The molecule has 0 aliphatic carbocycles. The molecule has 3 heteroatoms. The predicted molar refractivity (Wildman–Crippen MR) is 108 cm³/mol. The van der Waals surface area contributed by atoms with Crippen LogP contribution in [-0.2, 0) is 4.74 Å². The van der Waals surface area contributed by atoms with E-state index in [0.29, 0.717) is 0 Å². The Morgan fingerprint density at radius 3 is 1.68 bits per heavy atom. The van der Waals surface area contributed by atoms with E-state index in [1.54, 1.807) is 0 Å². The van der Waals surface area contributed by atoms with Crippen molar-refractivity contribution in [3.63, 3.8) is 0 Å². The van der Waals surface area contributed by atoms with Crippen molar-refractivity contribution in [3.8, 4) is 0 Å². The first-order valence-corrected chi connectivity index (χ1v) is 11.4. The van der Waals surface area contributed by atoms with Crippen LogP contribution >= 0.6 is 0 Å². The fraction of sp³-hybridized carbons (Fsp3) is 1.00. The van der Waals surface area contributed by atoms with Crippen LogP contribution in [0.25, 0.3) is 0 Å². The summed E-state index contributed by atoms with van der Waals surface area (Å²) < 4.78 is 5.38. The number of rotatable bonds is 14. The predicted octanol–water partition coefficient (Wildman–Crippen LogP) is 5.09. The Hall–Kier alpha value is -0.120. The van der Waals surface area contributed by atoms with Crippen molar-refractivity contribution >= 4 is 0 Å². The van der Waals surface area contributed by atoms with Gasteiger partial charge in [-0.3, -0.25) is 9.80 Å². The zero-order valence-corrected chi connectivity index (χ0v) is 17.2. The number of nitrogens with zero attached hydrogens (tertiary/aromatic N) is 2. The normalized spacial score (nSPS) is 20.3. The number of piperazine rings is 1. The largest absolute Gasteiger partial charge is 0.378 e. The molecule has 148 valence electrons. The minimum atomic E-state index is 0.726. The van der Waals surface area contributed by atoms with E-state index in [1.807, 2.05) is 0 Å². The summed E-state index contributed by atoms with van der Waals surface area (Å²) >= 11 is 0. The first-order chi connectivity index (χ1) is 12.3. The maximum absolute atomic E-state index is 5.38. The van der Waals surface area contributed by atoms with Gasteiger partial charge in [-0.25, -0.2) is 0 Å². The van der Waals surface area contributed by atoms with Gasteiger partial charge in [0.25, 0.3) is 0 Å². The van der Waals surface area contributed by atoms with Crippen LogP contribution in [-0.4, -0.2) is 61.3 Å². The Morgan fingerprint density at radius 1 is 0.720 bits per heavy atom. The van der Waals surface area contributed by atoms with Gasteiger partial charge in [-0.15, -0.1) is 0 Å². The number of hydrogen-bond acceptors (Lipinski definition) is 3. The van der Waals surface area contributed by atoms with Crippen LogP contribution in [0.15, 0.2) is 0 Å². The van der Waals surface area contributed by atoms with Gasteiger partial charge in [0.2, 0.25) is 0 Å². The van der Waals surface area contributed by atoms with Crippen LogP contribution in [0.3, 0.4) is 0 Å². The first kappa shape index (κ1) is 21.2. The number of unbranched alkanes of at least 4 members (excludes halogenated alkanes) is 8. The van der Waals surface area contributed by atoms with Crippen molar-refractivity contribution in [1.82, 2.24) is 9.80 Å². The number of hydrogen-bond donors (Lipinski definition) is 0. The minimum absolute atomic E-state index is 0.726. The lowest BCUT2D eigenvalue weighted by atomic mass is 9.98. The quantitative estimate of drug-likeness (QED) is 0.405. The van der Waals surface area contributed by atoms with Gasteiger partial charge < -0.3 is 4.74 Å². The zero-order chi connectivity index (χ0) is 17.7. The highest BCUT2D eigenvalue weighted by molar-refractivity contribution is 4.85. The zero-order valence-electron chi connectivity index (χ0n) is 17.2. The molecule has 0 atom stereocenters. The Labute approximate surface area is 157 Å². The molecule has 2 saturated heterocycles. The lowest BCUT2D eigenvalue weighted by Gasteiger charge is -2.44. The molecule has 2 aliphatic rings. The Morgan fingerprint density at radius 2 is 1.24 bits per heavy atom. The van der Waals surface area contributed by atoms with Gasteiger partial charge in [-0.05, 0) is 12.8 Å². The fourth-order valence-electron chi connectivity index (χ4n) is 4.38. The van der Waals surface area contributed by atoms with Crippen LogP contribution < -0.4 is 0 Å². The molecule has 0 amide bonds. The second-order valence-electron chi connectivity index (χ2n) is 8.32. The average molecular weight is 353 g/mol.